The molecule has 2 heteroatoms. The van der Waals surface area contributed by atoms with E-state index in [0.717, 1.165) is 24.8 Å². The van der Waals surface area contributed by atoms with Crippen molar-refractivity contribution in [3.63, 3.8) is 0 Å². The highest BCUT2D eigenvalue weighted by atomic mass is 16.3. The Kier molecular flexibility index (Phi) is 3.84. The van der Waals surface area contributed by atoms with E-state index in [2.05, 4.69) is 42.5 Å². The zero-order chi connectivity index (χ0) is 13.8. The number of aryl methyl sites for hydroxylation is 1. The highest BCUT2D eigenvalue weighted by molar-refractivity contribution is 5.79. The lowest BCUT2D eigenvalue weighted by Crippen LogP contribution is -2.07. The Hall–Kier alpha value is -2.06. The molecule has 0 saturated heterocycles. The minimum absolute atomic E-state index is 0.446. The molecule has 1 aromatic heterocycles. The van der Waals surface area contributed by atoms with Crippen molar-refractivity contribution in [2.75, 3.05) is 0 Å². The maximum atomic E-state index is 10.3. The molecule has 0 radical (unpaired) electrons. The molecule has 3 rings (SSSR count). The molecule has 1 N–H and O–H groups in total. The molecule has 2 aromatic carbocycles. The van der Waals surface area contributed by atoms with Gasteiger partial charge in [-0.2, -0.15) is 0 Å². The predicted molar refractivity (Wildman–Crippen MR) is 82.6 cm³/mol. The van der Waals surface area contributed by atoms with Crippen LogP contribution in [0.15, 0.2) is 66.9 Å². The van der Waals surface area contributed by atoms with Gasteiger partial charge in [0.15, 0.2) is 0 Å². The molecule has 0 amide bonds. The Balaban J connectivity index is 1.63. The van der Waals surface area contributed by atoms with Gasteiger partial charge in [-0.1, -0.05) is 48.5 Å². The first-order valence-electron chi connectivity index (χ1n) is 7.12. The lowest BCUT2D eigenvalue weighted by Gasteiger charge is -2.14. The van der Waals surface area contributed by atoms with Crippen molar-refractivity contribution < 1.29 is 5.11 Å². The highest BCUT2D eigenvalue weighted by Gasteiger charge is 2.09. The third kappa shape index (κ3) is 2.75. The van der Waals surface area contributed by atoms with E-state index in [1.54, 1.807) is 0 Å². The molecular weight excluding hydrogens is 246 g/mol. The van der Waals surface area contributed by atoms with Gasteiger partial charge in [0.25, 0.3) is 0 Å². The summed E-state index contributed by atoms with van der Waals surface area (Å²) in [5.74, 6) is 0. The van der Waals surface area contributed by atoms with E-state index in [9.17, 15) is 5.11 Å². The van der Waals surface area contributed by atoms with E-state index in [4.69, 9.17) is 0 Å². The molecule has 0 saturated carbocycles. The molecule has 0 aliphatic carbocycles. The van der Waals surface area contributed by atoms with E-state index in [1.165, 1.54) is 10.9 Å². The van der Waals surface area contributed by atoms with Crippen LogP contribution in [0.2, 0.25) is 0 Å². The second-order valence-corrected chi connectivity index (χ2v) is 5.14. The number of aromatic nitrogens is 1. The fourth-order valence-electron chi connectivity index (χ4n) is 2.64. The van der Waals surface area contributed by atoms with Crippen LogP contribution < -0.4 is 0 Å². The van der Waals surface area contributed by atoms with Crippen LogP contribution in [0.1, 0.15) is 24.6 Å². The molecule has 1 atom stereocenters. The zero-order valence-corrected chi connectivity index (χ0v) is 11.4. The molecule has 2 nitrogen and oxygen atoms in total. The Morgan fingerprint density at radius 2 is 1.65 bits per heavy atom. The van der Waals surface area contributed by atoms with Crippen molar-refractivity contribution in [1.29, 1.82) is 0 Å². The van der Waals surface area contributed by atoms with Gasteiger partial charge in [0.2, 0.25) is 0 Å². The summed E-state index contributed by atoms with van der Waals surface area (Å²) in [6.07, 6.45) is 4.29. The zero-order valence-electron chi connectivity index (χ0n) is 11.4. The number of rotatable bonds is 5. The van der Waals surface area contributed by atoms with Gasteiger partial charge >= 0.3 is 0 Å². The third-order valence-electron chi connectivity index (χ3n) is 3.72. The third-order valence-corrected chi connectivity index (χ3v) is 3.72. The minimum Gasteiger partial charge on any atom is -0.373 e. The maximum absolute atomic E-state index is 10.3. The lowest BCUT2D eigenvalue weighted by atomic mass is 10.1. The van der Waals surface area contributed by atoms with Crippen LogP contribution in [-0.4, -0.2) is 9.67 Å². The molecule has 0 aliphatic rings. The van der Waals surface area contributed by atoms with Crippen LogP contribution in [-0.2, 0) is 6.42 Å². The molecule has 0 fully saturated rings. The minimum atomic E-state index is -0.446. The Morgan fingerprint density at radius 3 is 2.50 bits per heavy atom. The van der Waals surface area contributed by atoms with Crippen LogP contribution in [0.4, 0.5) is 0 Å². The summed E-state index contributed by atoms with van der Waals surface area (Å²) in [5.41, 5.74) is 2.43. The molecule has 0 bridgehead atoms. The SMILES string of the molecule is OC(CCCc1ccccc1)n1ccc2ccccc21. The number of aliphatic hydroxyl groups excluding tert-OH is 1. The summed E-state index contributed by atoms with van der Waals surface area (Å²) >= 11 is 0. The second-order valence-electron chi connectivity index (χ2n) is 5.14. The van der Waals surface area contributed by atoms with Crippen molar-refractivity contribution in [2.45, 2.75) is 25.5 Å². The lowest BCUT2D eigenvalue weighted by molar-refractivity contribution is 0.0969. The van der Waals surface area contributed by atoms with E-state index in [0.29, 0.717) is 0 Å². The van der Waals surface area contributed by atoms with Crippen LogP contribution in [0.5, 0.6) is 0 Å². The first-order chi connectivity index (χ1) is 9.84. The molecule has 0 aliphatic heterocycles. The van der Waals surface area contributed by atoms with Gasteiger partial charge in [0.1, 0.15) is 6.23 Å². The van der Waals surface area contributed by atoms with Gasteiger partial charge in [-0.15, -0.1) is 0 Å². The van der Waals surface area contributed by atoms with Gasteiger partial charge in [0.05, 0.1) is 5.52 Å². The van der Waals surface area contributed by atoms with Crippen LogP contribution in [0.3, 0.4) is 0 Å². The Labute approximate surface area is 119 Å². The van der Waals surface area contributed by atoms with E-state index in [-0.39, 0.29) is 0 Å². The second kappa shape index (κ2) is 5.93. The number of para-hydroxylation sites is 1. The highest BCUT2D eigenvalue weighted by Crippen LogP contribution is 2.21. The van der Waals surface area contributed by atoms with Gasteiger partial charge < -0.3 is 9.67 Å². The average Bonchev–Trinajstić information content (AvgIpc) is 2.92. The van der Waals surface area contributed by atoms with Crippen molar-refractivity contribution in [2.24, 2.45) is 0 Å². The molecule has 0 spiro atoms. The number of hydrogen-bond acceptors (Lipinski definition) is 1. The molecule has 102 valence electrons. The maximum Gasteiger partial charge on any atom is 0.130 e. The first-order valence-corrected chi connectivity index (χ1v) is 7.12. The van der Waals surface area contributed by atoms with Crippen LogP contribution >= 0.6 is 0 Å². The van der Waals surface area contributed by atoms with Crippen molar-refractivity contribution in [3.05, 3.63) is 72.4 Å². The molecule has 3 aromatic rings. The molecule has 1 heterocycles. The van der Waals surface area contributed by atoms with Crippen LogP contribution in [0, 0.1) is 0 Å². The van der Waals surface area contributed by atoms with Crippen LogP contribution in [0.25, 0.3) is 10.9 Å². The first kappa shape index (κ1) is 12.9. The number of fused-ring (bicyclic) bond motifs is 1. The monoisotopic (exact) mass is 265 g/mol. The fraction of sp³-hybridized carbons (Fsp3) is 0.222. The van der Waals surface area contributed by atoms with Gasteiger partial charge in [-0.05, 0) is 42.3 Å². The molecular formula is C18H19NO. The van der Waals surface area contributed by atoms with Gasteiger partial charge in [0, 0.05) is 6.20 Å². The number of aliphatic hydroxyl groups is 1. The van der Waals surface area contributed by atoms with Gasteiger partial charge in [-0.3, -0.25) is 0 Å². The topological polar surface area (TPSA) is 25.2 Å². The quantitative estimate of drug-likeness (QED) is 0.736. The standard InChI is InChI=1S/C18H19NO/c20-18(12-6-9-15-7-2-1-3-8-15)19-14-13-16-10-4-5-11-17(16)19/h1-5,7-8,10-11,13-14,18,20H,6,9,12H2. The Morgan fingerprint density at radius 1 is 0.900 bits per heavy atom. The van der Waals surface area contributed by atoms with Crippen molar-refractivity contribution >= 4 is 10.9 Å². The van der Waals surface area contributed by atoms with Crippen molar-refractivity contribution in [1.82, 2.24) is 4.57 Å². The summed E-state index contributed by atoms with van der Waals surface area (Å²) in [4.78, 5) is 0. The average molecular weight is 265 g/mol. The summed E-state index contributed by atoms with van der Waals surface area (Å²) in [7, 11) is 0. The van der Waals surface area contributed by atoms with E-state index in [1.807, 2.05) is 29.0 Å². The number of hydrogen-bond donors (Lipinski definition) is 1. The van der Waals surface area contributed by atoms with Gasteiger partial charge in [-0.25, -0.2) is 0 Å². The summed E-state index contributed by atoms with van der Waals surface area (Å²) in [6.45, 7) is 0. The molecule has 20 heavy (non-hydrogen) atoms. The smallest absolute Gasteiger partial charge is 0.130 e. The normalized spacial score (nSPS) is 12.7. The number of benzene rings is 2. The largest absolute Gasteiger partial charge is 0.373 e. The fourth-order valence-corrected chi connectivity index (χ4v) is 2.64. The Bertz CT molecular complexity index is 672. The summed E-state index contributed by atoms with van der Waals surface area (Å²) < 4.78 is 1.96. The predicted octanol–water partition coefficient (Wildman–Crippen LogP) is 4.16. The summed E-state index contributed by atoms with van der Waals surface area (Å²) in [6, 6.07) is 20.6. The van der Waals surface area contributed by atoms with E-state index >= 15 is 0 Å². The van der Waals surface area contributed by atoms with Crippen molar-refractivity contribution in [3.8, 4) is 0 Å². The summed E-state index contributed by atoms with van der Waals surface area (Å²) in [5, 5.41) is 11.5. The van der Waals surface area contributed by atoms with E-state index < -0.39 is 6.23 Å². The molecule has 1 unspecified atom stereocenters. The number of nitrogens with zero attached hydrogens (tertiary/aromatic N) is 1.